The van der Waals surface area contributed by atoms with Crippen molar-refractivity contribution >= 4 is 23.7 Å². The van der Waals surface area contributed by atoms with Crippen LogP contribution in [0.2, 0.25) is 0 Å². The van der Waals surface area contributed by atoms with Crippen molar-refractivity contribution in [3.05, 3.63) is 101 Å². The molecule has 1 N–H and O–H groups in total. The minimum Gasteiger partial charge on any atom is -0.322 e. The van der Waals surface area contributed by atoms with Crippen LogP contribution in [0.3, 0.4) is 0 Å². The minimum absolute atomic E-state index is 0.201. The molecule has 0 aliphatic carbocycles. The number of hydrogen-bond donors (Lipinski definition) is 1. The normalized spacial score (nSPS) is 11.6. The van der Waals surface area contributed by atoms with Gasteiger partial charge in [-0.05, 0) is 53.9 Å². The molecule has 0 atom stereocenters. The van der Waals surface area contributed by atoms with E-state index in [0.717, 1.165) is 23.3 Å². The van der Waals surface area contributed by atoms with Gasteiger partial charge in [-0.2, -0.15) is 13.2 Å². The molecular formula is C23H18F3NO. The molecule has 0 saturated carbocycles. The Balaban J connectivity index is 1.76. The van der Waals surface area contributed by atoms with Crippen LogP contribution in [0.4, 0.5) is 18.9 Å². The number of nitrogens with one attached hydrogen (secondary N) is 1. The van der Waals surface area contributed by atoms with E-state index in [-0.39, 0.29) is 5.91 Å². The fourth-order valence-corrected chi connectivity index (χ4v) is 2.64. The van der Waals surface area contributed by atoms with E-state index in [1.165, 1.54) is 12.1 Å². The van der Waals surface area contributed by atoms with Crippen LogP contribution in [0.25, 0.3) is 12.2 Å². The summed E-state index contributed by atoms with van der Waals surface area (Å²) >= 11 is 0. The van der Waals surface area contributed by atoms with E-state index in [9.17, 15) is 18.0 Å². The van der Waals surface area contributed by atoms with E-state index in [4.69, 9.17) is 0 Å². The van der Waals surface area contributed by atoms with Crippen molar-refractivity contribution in [2.45, 2.75) is 13.1 Å². The number of anilines is 1. The number of amides is 1. The predicted octanol–water partition coefficient (Wildman–Crippen LogP) is 6.44. The van der Waals surface area contributed by atoms with Crippen LogP contribution in [-0.2, 0) is 6.18 Å². The first-order valence-electron chi connectivity index (χ1n) is 8.65. The highest BCUT2D eigenvalue weighted by molar-refractivity contribution is 6.04. The molecule has 2 nitrogen and oxygen atoms in total. The number of halogens is 3. The first kappa shape index (κ1) is 19.4. The molecule has 0 unspecified atom stereocenters. The van der Waals surface area contributed by atoms with E-state index in [1.807, 2.05) is 31.2 Å². The van der Waals surface area contributed by atoms with Gasteiger partial charge in [0.05, 0.1) is 5.56 Å². The minimum atomic E-state index is -4.34. The summed E-state index contributed by atoms with van der Waals surface area (Å²) in [6.07, 6.45) is -0.821. The van der Waals surface area contributed by atoms with E-state index in [0.29, 0.717) is 16.8 Å². The van der Waals surface area contributed by atoms with Gasteiger partial charge in [0.25, 0.3) is 5.91 Å². The predicted molar refractivity (Wildman–Crippen MR) is 106 cm³/mol. The van der Waals surface area contributed by atoms with E-state index in [1.54, 1.807) is 36.4 Å². The highest BCUT2D eigenvalue weighted by atomic mass is 19.4. The van der Waals surface area contributed by atoms with Crippen molar-refractivity contribution in [3.63, 3.8) is 0 Å². The lowest BCUT2D eigenvalue weighted by molar-refractivity contribution is -0.137. The number of carbonyl (C=O) groups is 1. The molecule has 28 heavy (non-hydrogen) atoms. The Hall–Kier alpha value is -3.34. The maximum atomic E-state index is 12.6. The van der Waals surface area contributed by atoms with Gasteiger partial charge in [-0.25, -0.2) is 0 Å². The second-order valence-electron chi connectivity index (χ2n) is 6.35. The summed E-state index contributed by atoms with van der Waals surface area (Å²) in [4.78, 5) is 12.3. The second-order valence-corrected chi connectivity index (χ2v) is 6.35. The molecule has 3 rings (SSSR count). The molecule has 5 heteroatoms. The number of rotatable bonds is 4. The van der Waals surface area contributed by atoms with Gasteiger partial charge in [0.15, 0.2) is 0 Å². The summed E-state index contributed by atoms with van der Waals surface area (Å²) in [7, 11) is 0. The first-order chi connectivity index (χ1) is 13.3. The van der Waals surface area contributed by atoms with Crippen molar-refractivity contribution in [3.8, 4) is 0 Å². The van der Waals surface area contributed by atoms with Gasteiger partial charge in [-0.3, -0.25) is 4.79 Å². The molecule has 142 valence electrons. The van der Waals surface area contributed by atoms with Crippen LogP contribution in [0.15, 0.2) is 72.8 Å². The topological polar surface area (TPSA) is 29.1 Å². The standard InChI is InChI=1S/C23H18F3NO/c1-16-7-8-18(10-9-17-11-13-20(14-12-17)23(24,25)26)15-21(16)27-22(28)19-5-3-2-4-6-19/h2-15H,1H3,(H,27,28)/b10-9+. The lowest BCUT2D eigenvalue weighted by Crippen LogP contribution is -2.12. The van der Waals surface area contributed by atoms with Crippen LogP contribution in [0.1, 0.15) is 32.6 Å². The molecule has 3 aromatic carbocycles. The molecule has 0 spiro atoms. The fourth-order valence-electron chi connectivity index (χ4n) is 2.64. The van der Waals surface area contributed by atoms with Crippen molar-refractivity contribution in [2.24, 2.45) is 0 Å². The zero-order valence-electron chi connectivity index (χ0n) is 15.1. The molecule has 0 aliphatic rings. The third-order valence-electron chi connectivity index (χ3n) is 4.25. The lowest BCUT2D eigenvalue weighted by Gasteiger charge is -2.09. The van der Waals surface area contributed by atoms with E-state index in [2.05, 4.69) is 5.32 Å². The molecule has 0 bridgehead atoms. The van der Waals surface area contributed by atoms with Gasteiger partial charge in [0, 0.05) is 11.3 Å². The van der Waals surface area contributed by atoms with Crippen LogP contribution >= 0.6 is 0 Å². The average molecular weight is 381 g/mol. The average Bonchev–Trinajstić information content (AvgIpc) is 2.69. The molecule has 0 radical (unpaired) electrons. The third-order valence-corrected chi connectivity index (χ3v) is 4.25. The highest BCUT2D eigenvalue weighted by Crippen LogP contribution is 2.29. The van der Waals surface area contributed by atoms with Gasteiger partial charge in [0.2, 0.25) is 0 Å². The summed E-state index contributed by atoms with van der Waals surface area (Å²) in [6.45, 7) is 1.89. The lowest BCUT2D eigenvalue weighted by atomic mass is 10.1. The maximum Gasteiger partial charge on any atom is 0.416 e. The van der Waals surface area contributed by atoms with E-state index < -0.39 is 11.7 Å². The smallest absolute Gasteiger partial charge is 0.322 e. The zero-order chi connectivity index (χ0) is 20.1. The monoisotopic (exact) mass is 381 g/mol. The molecular weight excluding hydrogens is 363 g/mol. The number of hydrogen-bond acceptors (Lipinski definition) is 1. The quantitative estimate of drug-likeness (QED) is 0.518. The number of benzene rings is 3. The molecule has 3 aromatic rings. The Bertz CT molecular complexity index is 991. The highest BCUT2D eigenvalue weighted by Gasteiger charge is 2.29. The molecule has 0 aromatic heterocycles. The SMILES string of the molecule is Cc1ccc(/C=C/c2ccc(C(F)(F)F)cc2)cc1NC(=O)c1ccccc1. The largest absolute Gasteiger partial charge is 0.416 e. The number of aryl methyl sites for hydroxylation is 1. The molecule has 0 fully saturated rings. The molecule has 1 amide bonds. The van der Waals surface area contributed by atoms with Gasteiger partial charge in [0.1, 0.15) is 0 Å². The van der Waals surface area contributed by atoms with Gasteiger partial charge >= 0.3 is 6.18 Å². The Labute approximate surface area is 161 Å². The van der Waals surface area contributed by atoms with Crippen molar-refractivity contribution < 1.29 is 18.0 Å². The zero-order valence-corrected chi connectivity index (χ0v) is 15.1. The summed E-state index contributed by atoms with van der Waals surface area (Å²) < 4.78 is 37.9. The second kappa shape index (κ2) is 8.13. The van der Waals surface area contributed by atoms with Gasteiger partial charge in [-0.1, -0.05) is 54.6 Å². The van der Waals surface area contributed by atoms with Gasteiger partial charge in [-0.15, -0.1) is 0 Å². The summed E-state index contributed by atoms with van der Waals surface area (Å²) in [6, 6.07) is 19.5. The molecule has 0 heterocycles. The van der Waals surface area contributed by atoms with Crippen LogP contribution in [-0.4, -0.2) is 5.91 Å². The summed E-state index contributed by atoms with van der Waals surface area (Å²) in [5.74, 6) is -0.201. The Kier molecular flexibility index (Phi) is 5.64. The van der Waals surface area contributed by atoms with Crippen LogP contribution in [0, 0.1) is 6.92 Å². The number of alkyl halides is 3. The Morgan fingerprint density at radius 1 is 0.857 bits per heavy atom. The Morgan fingerprint density at radius 3 is 2.11 bits per heavy atom. The first-order valence-corrected chi connectivity index (χ1v) is 8.65. The van der Waals surface area contributed by atoms with E-state index >= 15 is 0 Å². The van der Waals surface area contributed by atoms with Gasteiger partial charge < -0.3 is 5.32 Å². The molecule has 0 aliphatic heterocycles. The summed E-state index contributed by atoms with van der Waals surface area (Å²) in [5, 5.41) is 2.89. The van der Waals surface area contributed by atoms with Crippen LogP contribution in [0.5, 0.6) is 0 Å². The van der Waals surface area contributed by atoms with Crippen molar-refractivity contribution in [1.29, 1.82) is 0 Å². The van der Waals surface area contributed by atoms with Crippen molar-refractivity contribution in [1.82, 2.24) is 0 Å². The number of carbonyl (C=O) groups excluding carboxylic acids is 1. The third kappa shape index (κ3) is 4.88. The fraction of sp³-hybridized carbons (Fsp3) is 0.0870. The Morgan fingerprint density at radius 2 is 1.46 bits per heavy atom. The van der Waals surface area contributed by atoms with Crippen LogP contribution < -0.4 is 5.32 Å². The maximum absolute atomic E-state index is 12.6. The molecule has 0 saturated heterocycles. The van der Waals surface area contributed by atoms with Crippen molar-refractivity contribution in [2.75, 3.05) is 5.32 Å². The summed E-state index contributed by atoms with van der Waals surface area (Å²) in [5.41, 5.74) is 2.97.